The van der Waals surface area contributed by atoms with Crippen LogP contribution in [0.25, 0.3) is 0 Å². The minimum atomic E-state index is -0.348. The van der Waals surface area contributed by atoms with Gasteiger partial charge in [-0.3, -0.25) is 4.79 Å². The van der Waals surface area contributed by atoms with Gasteiger partial charge >= 0.3 is 0 Å². The molecule has 1 aromatic heterocycles. The van der Waals surface area contributed by atoms with Crippen molar-refractivity contribution in [1.82, 2.24) is 4.68 Å². The lowest BCUT2D eigenvalue weighted by molar-refractivity contribution is 0.728. The summed E-state index contributed by atoms with van der Waals surface area (Å²) in [4.78, 5) is 12.6. The second-order valence-corrected chi connectivity index (χ2v) is 5.94. The molecule has 1 heterocycles. The lowest BCUT2D eigenvalue weighted by atomic mass is 10.0. The molecule has 0 N–H and O–H groups in total. The second-order valence-electron chi connectivity index (χ2n) is 5.94. The topological polar surface area (TPSA) is 58.1 Å². The number of rotatable bonds is 6. The highest BCUT2D eigenvalue weighted by Gasteiger charge is 2.11. The molecule has 0 aliphatic rings. The van der Waals surface area contributed by atoms with Crippen LogP contribution in [0.3, 0.4) is 0 Å². The highest BCUT2D eigenvalue weighted by atomic mass is 16.1. The maximum absolute atomic E-state index is 12.6. The summed E-state index contributed by atoms with van der Waals surface area (Å²) < 4.78 is 1.36. The normalized spacial score (nSPS) is 11.3. The molecule has 0 bridgehead atoms. The Labute approximate surface area is 143 Å². The summed E-state index contributed by atoms with van der Waals surface area (Å²) in [5, 5.41) is 13.8. The molecule has 0 atom stereocenters. The molecule has 0 unspecified atom stereocenters. The molecule has 1 aromatic carbocycles. The molecule has 4 nitrogen and oxygen atoms in total. The van der Waals surface area contributed by atoms with E-state index in [1.54, 1.807) is 6.92 Å². The predicted molar refractivity (Wildman–Crippen MR) is 97.4 cm³/mol. The highest BCUT2D eigenvalue weighted by Crippen LogP contribution is 2.12. The van der Waals surface area contributed by atoms with Crippen molar-refractivity contribution in [3.63, 3.8) is 0 Å². The van der Waals surface area contributed by atoms with Crippen molar-refractivity contribution in [3.8, 4) is 6.07 Å². The Morgan fingerprint density at radius 2 is 1.92 bits per heavy atom. The molecule has 2 aromatic rings. The molecule has 0 spiro atoms. The van der Waals surface area contributed by atoms with Gasteiger partial charge in [0, 0.05) is 5.69 Å². The molecule has 0 saturated carbocycles. The number of unbranched alkanes of at least 4 members (excludes halogenated alkanes) is 2. The van der Waals surface area contributed by atoms with Crippen LogP contribution in [0, 0.1) is 25.2 Å². The van der Waals surface area contributed by atoms with E-state index < -0.39 is 0 Å². The third-order valence-electron chi connectivity index (χ3n) is 4.02. The van der Waals surface area contributed by atoms with Gasteiger partial charge in [-0.25, -0.2) is 4.68 Å². The monoisotopic (exact) mass is 321 g/mol. The van der Waals surface area contributed by atoms with Crippen LogP contribution in [-0.2, 0) is 0 Å². The summed E-state index contributed by atoms with van der Waals surface area (Å²) in [6.07, 6.45) is 4.08. The zero-order valence-corrected chi connectivity index (χ0v) is 14.5. The number of hydrogen-bond acceptors (Lipinski definition) is 3. The van der Waals surface area contributed by atoms with E-state index in [0.717, 1.165) is 42.7 Å². The molecule has 4 heteroatoms. The molecule has 0 amide bonds. The fraction of sp³-hybridized carbons (Fsp3) is 0.350. The van der Waals surface area contributed by atoms with Gasteiger partial charge in [-0.1, -0.05) is 50.1 Å². The van der Waals surface area contributed by atoms with Gasteiger partial charge in [-0.05, 0) is 43.9 Å². The number of hydrogen-bond donors (Lipinski definition) is 0. The molecule has 0 aliphatic heterocycles. The van der Waals surface area contributed by atoms with Crippen molar-refractivity contribution in [2.24, 2.45) is 5.10 Å². The maximum atomic E-state index is 12.6. The summed E-state index contributed by atoms with van der Waals surface area (Å²) in [6.45, 7) is 5.78. The first kappa shape index (κ1) is 17.7. The third-order valence-corrected chi connectivity index (χ3v) is 4.02. The first-order valence-electron chi connectivity index (χ1n) is 8.35. The number of aryl methyl sites for hydroxylation is 2. The van der Waals surface area contributed by atoms with Crippen molar-refractivity contribution in [3.05, 3.63) is 69.1 Å². The van der Waals surface area contributed by atoms with E-state index in [0.29, 0.717) is 5.56 Å². The minimum Gasteiger partial charge on any atom is -0.266 e. The van der Waals surface area contributed by atoms with Gasteiger partial charge in [0.1, 0.15) is 11.6 Å². The van der Waals surface area contributed by atoms with Crippen molar-refractivity contribution >= 4 is 5.71 Å². The van der Waals surface area contributed by atoms with Crippen molar-refractivity contribution in [2.75, 3.05) is 0 Å². The predicted octanol–water partition coefficient (Wildman–Crippen LogP) is 4.17. The smallest absolute Gasteiger partial charge is 0.266 e. The Bertz CT molecular complexity index is 826. The minimum absolute atomic E-state index is 0.158. The molecule has 2 rings (SSSR count). The average Bonchev–Trinajstić information content (AvgIpc) is 2.58. The molecule has 0 radical (unpaired) electrons. The summed E-state index contributed by atoms with van der Waals surface area (Å²) in [7, 11) is 0. The Hall–Kier alpha value is -2.67. The summed E-state index contributed by atoms with van der Waals surface area (Å²) in [5.74, 6) is 0. The lowest BCUT2D eigenvalue weighted by Crippen LogP contribution is -2.24. The second kappa shape index (κ2) is 8.26. The summed E-state index contributed by atoms with van der Waals surface area (Å²) >= 11 is 0. The zero-order chi connectivity index (χ0) is 17.5. The van der Waals surface area contributed by atoms with Gasteiger partial charge in [0.05, 0.1) is 5.71 Å². The number of pyridine rings is 1. The summed E-state index contributed by atoms with van der Waals surface area (Å²) in [6, 6.07) is 13.7. The zero-order valence-electron chi connectivity index (χ0n) is 14.5. The van der Waals surface area contributed by atoms with Gasteiger partial charge in [0.15, 0.2) is 0 Å². The van der Waals surface area contributed by atoms with E-state index >= 15 is 0 Å². The van der Waals surface area contributed by atoms with Gasteiger partial charge in [-0.2, -0.15) is 10.4 Å². The van der Waals surface area contributed by atoms with Crippen LogP contribution in [-0.4, -0.2) is 10.4 Å². The van der Waals surface area contributed by atoms with Crippen LogP contribution < -0.4 is 5.56 Å². The Morgan fingerprint density at radius 3 is 2.54 bits per heavy atom. The molecule has 24 heavy (non-hydrogen) atoms. The molecular weight excluding hydrogens is 298 g/mol. The van der Waals surface area contributed by atoms with E-state index in [2.05, 4.69) is 12.0 Å². The largest absolute Gasteiger partial charge is 0.289 e. The van der Waals surface area contributed by atoms with E-state index in [1.165, 1.54) is 4.68 Å². The number of benzene rings is 1. The number of nitriles is 1. The molecular formula is C20H23N3O. The van der Waals surface area contributed by atoms with E-state index in [4.69, 9.17) is 0 Å². The van der Waals surface area contributed by atoms with Gasteiger partial charge < -0.3 is 0 Å². The first-order valence-corrected chi connectivity index (χ1v) is 8.35. The van der Waals surface area contributed by atoms with Crippen LogP contribution in [0.1, 0.15) is 55.0 Å². The Balaban J connectivity index is 2.54. The Morgan fingerprint density at radius 1 is 1.21 bits per heavy atom. The molecule has 124 valence electrons. The van der Waals surface area contributed by atoms with Crippen molar-refractivity contribution < 1.29 is 0 Å². The van der Waals surface area contributed by atoms with E-state index in [-0.39, 0.29) is 11.1 Å². The first-order chi connectivity index (χ1) is 11.6. The fourth-order valence-electron chi connectivity index (χ4n) is 2.69. The van der Waals surface area contributed by atoms with Crippen LogP contribution in [0.2, 0.25) is 0 Å². The van der Waals surface area contributed by atoms with Crippen LogP contribution in [0.5, 0.6) is 0 Å². The SMILES string of the molecule is CCCCCC(=Nn1c(C)cc(C)c(C#N)c1=O)c1ccccc1. The highest BCUT2D eigenvalue weighted by molar-refractivity contribution is 6.00. The van der Waals surface area contributed by atoms with Crippen LogP contribution in [0.15, 0.2) is 46.3 Å². The third kappa shape index (κ3) is 3.99. The number of nitrogens with zero attached hydrogens (tertiary/aromatic N) is 3. The fourth-order valence-corrected chi connectivity index (χ4v) is 2.69. The molecule has 0 fully saturated rings. The Kier molecular flexibility index (Phi) is 6.08. The van der Waals surface area contributed by atoms with Crippen LogP contribution in [0.4, 0.5) is 0 Å². The van der Waals surface area contributed by atoms with Crippen molar-refractivity contribution in [2.45, 2.75) is 46.5 Å². The van der Waals surface area contributed by atoms with E-state index in [1.807, 2.05) is 49.4 Å². The molecule has 0 saturated heterocycles. The average molecular weight is 321 g/mol. The van der Waals surface area contributed by atoms with Crippen molar-refractivity contribution in [1.29, 1.82) is 5.26 Å². The summed E-state index contributed by atoms with van der Waals surface area (Å²) in [5.41, 5.74) is 3.13. The number of aromatic nitrogens is 1. The molecule has 0 aliphatic carbocycles. The van der Waals surface area contributed by atoms with E-state index in [9.17, 15) is 10.1 Å². The quantitative estimate of drug-likeness (QED) is 0.592. The maximum Gasteiger partial charge on any atom is 0.289 e. The van der Waals surface area contributed by atoms with Gasteiger partial charge in [-0.15, -0.1) is 0 Å². The van der Waals surface area contributed by atoms with Gasteiger partial charge in [0.25, 0.3) is 5.56 Å². The van der Waals surface area contributed by atoms with Crippen LogP contribution >= 0.6 is 0 Å². The standard InChI is InChI=1S/C20H23N3O/c1-4-5-7-12-19(17-10-8-6-9-11-17)22-23-16(3)13-15(2)18(14-21)20(23)24/h6,8-11,13H,4-5,7,12H2,1-3H3. The van der Waals surface area contributed by atoms with Gasteiger partial charge in [0.2, 0.25) is 0 Å². The lowest BCUT2D eigenvalue weighted by Gasteiger charge is -2.11.